The summed E-state index contributed by atoms with van der Waals surface area (Å²) in [6, 6.07) is 1.73. The highest BCUT2D eigenvalue weighted by Gasteiger charge is 2.32. The van der Waals surface area contributed by atoms with E-state index in [9.17, 15) is 4.79 Å². The normalized spacial score (nSPS) is 25.1. The molecule has 1 aliphatic heterocycles. The lowest BCUT2D eigenvalue weighted by Crippen LogP contribution is -2.49. The second-order valence-corrected chi connectivity index (χ2v) is 3.58. The number of methoxy groups -OCH3 is 1. The number of ether oxygens (including phenoxy) is 1. The number of hydrogen-bond donors (Lipinski definition) is 0. The van der Waals surface area contributed by atoms with Gasteiger partial charge in [0.25, 0.3) is 0 Å². The molecule has 1 fully saturated rings. The zero-order valence-electron chi connectivity index (χ0n) is 8.69. The van der Waals surface area contributed by atoms with E-state index in [-0.39, 0.29) is 18.1 Å². The van der Waals surface area contributed by atoms with Crippen LogP contribution in [-0.2, 0) is 9.53 Å². The zero-order valence-corrected chi connectivity index (χ0v) is 8.69. The van der Waals surface area contributed by atoms with Gasteiger partial charge in [-0.3, -0.25) is 9.69 Å². The highest BCUT2D eigenvalue weighted by molar-refractivity contribution is 5.75. The monoisotopic (exact) mass is 196 g/mol. The van der Waals surface area contributed by atoms with Crippen molar-refractivity contribution in [2.75, 3.05) is 13.7 Å². The van der Waals surface area contributed by atoms with Crippen LogP contribution in [0.3, 0.4) is 0 Å². The quantitative estimate of drug-likeness (QED) is 0.616. The molecule has 0 aromatic rings. The van der Waals surface area contributed by atoms with Crippen LogP contribution in [0, 0.1) is 11.3 Å². The number of piperidine rings is 1. The Hall–Kier alpha value is -1.08. The number of esters is 1. The minimum Gasteiger partial charge on any atom is -0.468 e. The van der Waals surface area contributed by atoms with Gasteiger partial charge in [-0.1, -0.05) is 6.42 Å². The average Bonchev–Trinajstić information content (AvgIpc) is 2.27. The first-order valence-electron chi connectivity index (χ1n) is 4.94. The molecule has 1 heterocycles. The summed E-state index contributed by atoms with van der Waals surface area (Å²) in [6.07, 6.45) is 2.90. The van der Waals surface area contributed by atoms with E-state index in [2.05, 4.69) is 6.07 Å². The molecule has 14 heavy (non-hydrogen) atoms. The number of likely N-dealkylation sites (tertiary alicyclic amines) is 1. The van der Waals surface area contributed by atoms with E-state index in [0.29, 0.717) is 0 Å². The lowest BCUT2D eigenvalue weighted by Gasteiger charge is -2.35. The van der Waals surface area contributed by atoms with Gasteiger partial charge in [0.2, 0.25) is 0 Å². The molecule has 1 saturated heterocycles. The predicted octanol–water partition coefficient (Wildman–Crippen LogP) is 0.926. The van der Waals surface area contributed by atoms with E-state index >= 15 is 0 Å². The molecule has 1 rings (SSSR count). The molecule has 0 aromatic carbocycles. The first-order chi connectivity index (χ1) is 6.70. The highest BCUT2D eigenvalue weighted by atomic mass is 16.5. The Morgan fingerprint density at radius 1 is 1.64 bits per heavy atom. The minimum absolute atomic E-state index is 0.209. The van der Waals surface area contributed by atoms with Gasteiger partial charge in [-0.2, -0.15) is 5.26 Å². The maximum Gasteiger partial charge on any atom is 0.323 e. The van der Waals surface area contributed by atoms with Crippen LogP contribution < -0.4 is 0 Å². The number of carbonyl (C=O) groups is 1. The van der Waals surface area contributed by atoms with Gasteiger partial charge >= 0.3 is 5.97 Å². The summed E-state index contributed by atoms with van der Waals surface area (Å²) in [5, 5.41) is 8.82. The molecule has 0 aliphatic carbocycles. The van der Waals surface area contributed by atoms with Crippen molar-refractivity contribution < 1.29 is 9.53 Å². The van der Waals surface area contributed by atoms with Gasteiger partial charge in [0.15, 0.2) is 0 Å². The van der Waals surface area contributed by atoms with Crippen LogP contribution in [0.2, 0.25) is 0 Å². The molecule has 0 radical (unpaired) electrons. The molecule has 0 bridgehead atoms. The average molecular weight is 196 g/mol. The van der Waals surface area contributed by atoms with Crippen molar-refractivity contribution in [2.24, 2.45) is 0 Å². The van der Waals surface area contributed by atoms with Crippen LogP contribution in [0.25, 0.3) is 0 Å². The fraction of sp³-hybridized carbons (Fsp3) is 0.800. The number of carbonyl (C=O) groups excluding carboxylic acids is 1. The van der Waals surface area contributed by atoms with Gasteiger partial charge < -0.3 is 4.74 Å². The third-order valence-corrected chi connectivity index (χ3v) is 2.70. The van der Waals surface area contributed by atoms with E-state index in [0.717, 1.165) is 25.8 Å². The van der Waals surface area contributed by atoms with Crippen molar-refractivity contribution in [3.63, 3.8) is 0 Å². The standard InChI is InChI=1S/C10H16N2O2/c1-8(7-11)12-6-4-3-5-9(12)10(13)14-2/h8-9H,3-6H2,1-2H3. The summed E-state index contributed by atoms with van der Waals surface area (Å²) in [7, 11) is 1.39. The largest absolute Gasteiger partial charge is 0.468 e. The summed E-state index contributed by atoms with van der Waals surface area (Å²) in [6.45, 7) is 2.63. The van der Waals surface area contributed by atoms with Gasteiger partial charge in [0.05, 0.1) is 19.2 Å². The molecule has 0 saturated carbocycles. The SMILES string of the molecule is COC(=O)C1CCCCN1C(C)C#N. The van der Waals surface area contributed by atoms with Gasteiger partial charge in [-0.05, 0) is 19.8 Å². The molecule has 4 heteroatoms. The molecular weight excluding hydrogens is 180 g/mol. The molecule has 0 N–H and O–H groups in total. The van der Waals surface area contributed by atoms with Crippen LogP contribution in [-0.4, -0.2) is 36.6 Å². The van der Waals surface area contributed by atoms with Crippen molar-refractivity contribution in [2.45, 2.75) is 38.3 Å². The van der Waals surface area contributed by atoms with Crippen molar-refractivity contribution in [1.29, 1.82) is 5.26 Å². The Kier molecular flexibility index (Phi) is 3.90. The van der Waals surface area contributed by atoms with Crippen LogP contribution >= 0.6 is 0 Å². The van der Waals surface area contributed by atoms with Crippen LogP contribution in [0.15, 0.2) is 0 Å². The Morgan fingerprint density at radius 2 is 2.36 bits per heavy atom. The Labute approximate surface area is 84.4 Å². The summed E-state index contributed by atoms with van der Waals surface area (Å²) in [4.78, 5) is 13.4. The molecular formula is C10H16N2O2. The Bertz CT molecular complexity index is 247. The first-order valence-corrected chi connectivity index (χ1v) is 4.94. The van der Waals surface area contributed by atoms with Gasteiger partial charge in [-0.25, -0.2) is 0 Å². The molecule has 4 nitrogen and oxygen atoms in total. The van der Waals surface area contributed by atoms with E-state index in [1.165, 1.54) is 7.11 Å². The van der Waals surface area contributed by atoms with E-state index < -0.39 is 0 Å². The van der Waals surface area contributed by atoms with Gasteiger partial charge in [0, 0.05) is 6.54 Å². The minimum atomic E-state index is -0.219. The third kappa shape index (κ3) is 2.24. The molecule has 1 aliphatic rings. The Morgan fingerprint density at radius 3 is 2.93 bits per heavy atom. The maximum atomic E-state index is 11.4. The predicted molar refractivity (Wildman–Crippen MR) is 51.4 cm³/mol. The number of rotatable bonds is 2. The van der Waals surface area contributed by atoms with Crippen molar-refractivity contribution in [1.82, 2.24) is 4.90 Å². The van der Waals surface area contributed by atoms with Crippen molar-refractivity contribution >= 4 is 5.97 Å². The van der Waals surface area contributed by atoms with Gasteiger partial charge in [-0.15, -0.1) is 0 Å². The number of hydrogen-bond acceptors (Lipinski definition) is 4. The molecule has 0 aromatic heterocycles. The third-order valence-electron chi connectivity index (χ3n) is 2.70. The molecule has 2 unspecified atom stereocenters. The van der Waals surface area contributed by atoms with Crippen molar-refractivity contribution in [3.8, 4) is 6.07 Å². The highest BCUT2D eigenvalue weighted by Crippen LogP contribution is 2.20. The van der Waals surface area contributed by atoms with Crippen LogP contribution in [0.1, 0.15) is 26.2 Å². The second kappa shape index (κ2) is 4.97. The van der Waals surface area contributed by atoms with Crippen LogP contribution in [0.4, 0.5) is 0 Å². The maximum absolute atomic E-state index is 11.4. The van der Waals surface area contributed by atoms with Crippen molar-refractivity contribution in [3.05, 3.63) is 0 Å². The fourth-order valence-electron chi connectivity index (χ4n) is 1.88. The number of nitrogens with zero attached hydrogens (tertiary/aromatic N) is 2. The molecule has 0 spiro atoms. The van der Waals surface area contributed by atoms with E-state index in [1.54, 1.807) is 0 Å². The fourth-order valence-corrected chi connectivity index (χ4v) is 1.88. The second-order valence-electron chi connectivity index (χ2n) is 3.58. The molecule has 0 amide bonds. The topological polar surface area (TPSA) is 53.3 Å². The molecule has 78 valence electrons. The summed E-state index contributed by atoms with van der Waals surface area (Å²) >= 11 is 0. The summed E-state index contributed by atoms with van der Waals surface area (Å²) in [5.74, 6) is -0.216. The van der Waals surface area contributed by atoms with E-state index in [4.69, 9.17) is 10.00 Å². The summed E-state index contributed by atoms with van der Waals surface area (Å²) < 4.78 is 4.72. The zero-order chi connectivity index (χ0) is 10.6. The van der Waals surface area contributed by atoms with Gasteiger partial charge in [0.1, 0.15) is 6.04 Å². The lowest BCUT2D eigenvalue weighted by atomic mass is 10.0. The lowest BCUT2D eigenvalue weighted by molar-refractivity contribution is -0.148. The van der Waals surface area contributed by atoms with Crippen LogP contribution in [0.5, 0.6) is 0 Å². The Balaban J connectivity index is 2.69. The smallest absolute Gasteiger partial charge is 0.323 e. The molecule has 2 atom stereocenters. The number of nitriles is 1. The van der Waals surface area contributed by atoms with E-state index in [1.807, 2.05) is 11.8 Å². The summed E-state index contributed by atoms with van der Waals surface area (Å²) in [5.41, 5.74) is 0. The first kappa shape index (κ1) is 11.0.